The van der Waals surface area contributed by atoms with Gasteiger partial charge in [0.1, 0.15) is 11.5 Å². The summed E-state index contributed by atoms with van der Waals surface area (Å²) in [4.78, 5) is 1.24. The standard InChI is InChI=1S/C22H18O2S/c1-23-17-9-5-7-15(13-17)21-19-11-3-4-12-20(19)25-22(21)16-8-6-10-18(14-16)24-2/h3-14H,1-2H3. The first kappa shape index (κ1) is 15.7. The maximum Gasteiger partial charge on any atom is 0.119 e. The third-order valence-electron chi connectivity index (χ3n) is 4.29. The molecule has 4 aromatic rings. The van der Waals surface area contributed by atoms with Crippen LogP contribution in [-0.4, -0.2) is 14.2 Å². The van der Waals surface area contributed by atoms with Crippen molar-refractivity contribution >= 4 is 21.4 Å². The number of thiophene rings is 1. The third kappa shape index (κ3) is 2.87. The fourth-order valence-electron chi connectivity index (χ4n) is 3.08. The van der Waals surface area contributed by atoms with Crippen LogP contribution < -0.4 is 9.47 Å². The summed E-state index contributed by atoms with van der Waals surface area (Å²) in [6.45, 7) is 0. The fraction of sp³-hybridized carbons (Fsp3) is 0.0909. The van der Waals surface area contributed by atoms with Gasteiger partial charge in [-0.15, -0.1) is 11.3 Å². The van der Waals surface area contributed by atoms with E-state index in [1.54, 1.807) is 14.2 Å². The molecule has 0 unspecified atom stereocenters. The molecule has 4 rings (SSSR count). The predicted octanol–water partition coefficient (Wildman–Crippen LogP) is 6.25. The number of methoxy groups -OCH3 is 2. The Hall–Kier alpha value is -2.78. The van der Waals surface area contributed by atoms with E-state index in [4.69, 9.17) is 9.47 Å². The van der Waals surface area contributed by atoms with Gasteiger partial charge >= 0.3 is 0 Å². The largest absolute Gasteiger partial charge is 0.497 e. The summed E-state index contributed by atoms with van der Waals surface area (Å²) in [6.07, 6.45) is 0. The molecule has 0 bridgehead atoms. The minimum atomic E-state index is 0.865. The zero-order chi connectivity index (χ0) is 17.2. The van der Waals surface area contributed by atoms with Crippen molar-refractivity contribution in [2.24, 2.45) is 0 Å². The molecule has 0 saturated carbocycles. The van der Waals surface area contributed by atoms with Gasteiger partial charge < -0.3 is 9.47 Å². The Labute approximate surface area is 151 Å². The van der Waals surface area contributed by atoms with Gasteiger partial charge in [0.15, 0.2) is 0 Å². The molecule has 1 aromatic heterocycles. The highest BCUT2D eigenvalue weighted by Crippen LogP contribution is 2.45. The van der Waals surface area contributed by atoms with Crippen molar-refractivity contribution in [3.63, 3.8) is 0 Å². The van der Waals surface area contributed by atoms with Gasteiger partial charge in [0.2, 0.25) is 0 Å². The summed E-state index contributed by atoms with van der Waals surface area (Å²) >= 11 is 1.81. The summed E-state index contributed by atoms with van der Waals surface area (Å²) in [5.41, 5.74) is 3.57. The van der Waals surface area contributed by atoms with E-state index in [1.807, 2.05) is 35.6 Å². The second-order valence-electron chi connectivity index (χ2n) is 5.77. The van der Waals surface area contributed by atoms with E-state index in [-0.39, 0.29) is 0 Å². The molecule has 0 amide bonds. The SMILES string of the molecule is COc1cccc(-c2sc3ccccc3c2-c2cccc(OC)c2)c1. The fourth-order valence-corrected chi connectivity index (χ4v) is 4.30. The topological polar surface area (TPSA) is 18.5 Å². The number of hydrogen-bond acceptors (Lipinski definition) is 3. The highest BCUT2D eigenvalue weighted by Gasteiger charge is 2.16. The van der Waals surface area contributed by atoms with Crippen LogP contribution in [0.4, 0.5) is 0 Å². The van der Waals surface area contributed by atoms with Crippen molar-refractivity contribution < 1.29 is 9.47 Å². The van der Waals surface area contributed by atoms with Crippen LogP contribution in [0.15, 0.2) is 72.8 Å². The molecule has 0 aliphatic carbocycles. The maximum atomic E-state index is 5.43. The van der Waals surface area contributed by atoms with Gasteiger partial charge in [-0.05, 0) is 41.5 Å². The van der Waals surface area contributed by atoms with Crippen LogP contribution in [0, 0.1) is 0 Å². The lowest BCUT2D eigenvalue weighted by Gasteiger charge is -2.09. The van der Waals surface area contributed by atoms with Gasteiger partial charge in [-0.3, -0.25) is 0 Å². The zero-order valence-electron chi connectivity index (χ0n) is 14.2. The molecule has 0 fully saturated rings. The highest BCUT2D eigenvalue weighted by molar-refractivity contribution is 7.23. The zero-order valence-corrected chi connectivity index (χ0v) is 15.0. The van der Waals surface area contributed by atoms with Crippen LogP contribution in [0.5, 0.6) is 11.5 Å². The summed E-state index contributed by atoms with van der Waals surface area (Å²) < 4.78 is 12.1. The van der Waals surface area contributed by atoms with E-state index in [9.17, 15) is 0 Å². The van der Waals surface area contributed by atoms with Crippen molar-refractivity contribution in [2.75, 3.05) is 14.2 Å². The van der Waals surface area contributed by atoms with Crippen molar-refractivity contribution in [2.45, 2.75) is 0 Å². The van der Waals surface area contributed by atoms with Crippen molar-refractivity contribution in [1.29, 1.82) is 0 Å². The molecule has 0 atom stereocenters. The predicted molar refractivity (Wildman–Crippen MR) is 106 cm³/mol. The number of benzene rings is 3. The second kappa shape index (κ2) is 6.61. The van der Waals surface area contributed by atoms with Crippen LogP contribution in [0.3, 0.4) is 0 Å². The molecule has 2 nitrogen and oxygen atoms in total. The molecule has 1 heterocycles. The molecule has 0 saturated heterocycles. The lowest BCUT2D eigenvalue weighted by molar-refractivity contribution is 0.415. The number of ether oxygens (including phenoxy) is 2. The van der Waals surface area contributed by atoms with Crippen molar-refractivity contribution in [1.82, 2.24) is 0 Å². The summed E-state index contributed by atoms with van der Waals surface area (Å²) in [5.74, 6) is 1.73. The number of hydrogen-bond donors (Lipinski definition) is 0. The maximum absolute atomic E-state index is 5.43. The van der Waals surface area contributed by atoms with Gasteiger partial charge in [-0.2, -0.15) is 0 Å². The summed E-state index contributed by atoms with van der Waals surface area (Å²) in [6, 6.07) is 25.0. The first-order valence-corrected chi connectivity index (χ1v) is 8.92. The molecule has 3 aromatic carbocycles. The summed E-state index contributed by atoms with van der Waals surface area (Å²) in [7, 11) is 3.40. The van der Waals surface area contributed by atoms with Gasteiger partial charge in [0, 0.05) is 20.5 Å². The highest BCUT2D eigenvalue weighted by atomic mass is 32.1. The van der Waals surface area contributed by atoms with Crippen LogP contribution >= 0.6 is 11.3 Å². The van der Waals surface area contributed by atoms with Gasteiger partial charge in [0.05, 0.1) is 14.2 Å². The quantitative estimate of drug-likeness (QED) is 0.435. The van der Waals surface area contributed by atoms with Gasteiger partial charge in [-0.1, -0.05) is 42.5 Å². The van der Waals surface area contributed by atoms with E-state index < -0.39 is 0 Å². The Balaban J connectivity index is 2.00. The van der Waals surface area contributed by atoms with E-state index >= 15 is 0 Å². The Morgan fingerprint density at radius 3 is 2.04 bits per heavy atom. The molecule has 0 N–H and O–H groups in total. The smallest absolute Gasteiger partial charge is 0.119 e. The van der Waals surface area contributed by atoms with Crippen LogP contribution in [-0.2, 0) is 0 Å². The molecule has 0 spiro atoms. The summed E-state index contributed by atoms with van der Waals surface area (Å²) in [5, 5.41) is 1.26. The van der Waals surface area contributed by atoms with E-state index in [2.05, 4.69) is 48.5 Å². The van der Waals surface area contributed by atoms with Crippen molar-refractivity contribution in [3.8, 4) is 33.1 Å². The normalized spacial score (nSPS) is 10.8. The molecule has 0 aliphatic rings. The number of rotatable bonds is 4. The molecule has 25 heavy (non-hydrogen) atoms. The minimum Gasteiger partial charge on any atom is -0.497 e. The average molecular weight is 346 g/mol. The van der Waals surface area contributed by atoms with Gasteiger partial charge in [0.25, 0.3) is 0 Å². The molecule has 0 aliphatic heterocycles. The van der Waals surface area contributed by atoms with Crippen molar-refractivity contribution in [3.05, 3.63) is 72.8 Å². The van der Waals surface area contributed by atoms with Crippen LogP contribution in [0.2, 0.25) is 0 Å². The van der Waals surface area contributed by atoms with E-state index in [0.717, 1.165) is 17.1 Å². The van der Waals surface area contributed by atoms with Crippen LogP contribution in [0.1, 0.15) is 0 Å². The Morgan fingerprint density at radius 1 is 0.680 bits per heavy atom. The first-order chi connectivity index (χ1) is 12.3. The average Bonchev–Trinajstić information content (AvgIpc) is 3.07. The Kier molecular flexibility index (Phi) is 4.16. The lowest BCUT2D eigenvalue weighted by Crippen LogP contribution is -1.86. The first-order valence-electron chi connectivity index (χ1n) is 8.10. The molecule has 0 radical (unpaired) electrons. The Bertz CT molecular complexity index is 1030. The van der Waals surface area contributed by atoms with Gasteiger partial charge in [-0.25, -0.2) is 0 Å². The van der Waals surface area contributed by atoms with E-state index in [0.29, 0.717) is 0 Å². The Morgan fingerprint density at radius 2 is 1.32 bits per heavy atom. The third-order valence-corrected chi connectivity index (χ3v) is 5.51. The number of fused-ring (bicyclic) bond motifs is 1. The minimum absolute atomic E-state index is 0.865. The molecular weight excluding hydrogens is 328 g/mol. The molecule has 3 heteroatoms. The molecule has 124 valence electrons. The monoisotopic (exact) mass is 346 g/mol. The van der Waals surface area contributed by atoms with E-state index in [1.165, 1.54) is 26.1 Å². The van der Waals surface area contributed by atoms with Crippen LogP contribution in [0.25, 0.3) is 31.7 Å². The molecular formula is C22H18O2S. The lowest BCUT2D eigenvalue weighted by atomic mass is 9.98. The second-order valence-corrected chi connectivity index (χ2v) is 6.82.